The number of rotatable bonds is 5. The number of nitrogens with one attached hydrogen (secondary N) is 1. The first-order valence-corrected chi connectivity index (χ1v) is 9.17. The number of hydrogen-bond donors (Lipinski definition) is 1. The normalized spacial score (nSPS) is 25.1. The zero-order chi connectivity index (χ0) is 15.1. The molecular formula is C18H34N2O. The van der Waals surface area contributed by atoms with Crippen LogP contribution in [0.4, 0.5) is 0 Å². The van der Waals surface area contributed by atoms with Crippen molar-refractivity contribution in [1.82, 2.24) is 10.2 Å². The van der Waals surface area contributed by atoms with Crippen LogP contribution in [0.2, 0.25) is 0 Å². The third-order valence-corrected chi connectivity index (χ3v) is 5.13. The smallest absolute Gasteiger partial charge is 0.222 e. The van der Waals surface area contributed by atoms with Crippen molar-refractivity contribution in [2.24, 2.45) is 11.8 Å². The highest BCUT2D eigenvalue weighted by molar-refractivity contribution is 5.76. The molecule has 2 fully saturated rings. The SMILES string of the molecule is CC(C)CC1CNCCCN1C(=O)CCC1CCCCC1. The molecular weight excluding hydrogens is 260 g/mol. The summed E-state index contributed by atoms with van der Waals surface area (Å²) in [4.78, 5) is 14.9. The summed E-state index contributed by atoms with van der Waals surface area (Å²) in [5.74, 6) is 1.88. The lowest BCUT2D eigenvalue weighted by atomic mass is 9.86. The van der Waals surface area contributed by atoms with Crippen molar-refractivity contribution in [3.05, 3.63) is 0 Å². The Morgan fingerprint density at radius 2 is 1.95 bits per heavy atom. The van der Waals surface area contributed by atoms with Crippen LogP contribution in [-0.4, -0.2) is 36.5 Å². The average molecular weight is 294 g/mol. The van der Waals surface area contributed by atoms with E-state index in [0.29, 0.717) is 17.9 Å². The molecule has 122 valence electrons. The maximum absolute atomic E-state index is 12.7. The molecule has 0 aromatic heterocycles. The van der Waals surface area contributed by atoms with Gasteiger partial charge in [-0.25, -0.2) is 0 Å². The maximum atomic E-state index is 12.7. The Morgan fingerprint density at radius 3 is 2.67 bits per heavy atom. The summed E-state index contributed by atoms with van der Waals surface area (Å²) in [7, 11) is 0. The van der Waals surface area contributed by atoms with Crippen LogP contribution in [0.1, 0.15) is 71.6 Å². The lowest BCUT2D eigenvalue weighted by Crippen LogP contribution is -2.44. The van der Waals surface area contributed by atoms with Crippen LogP contribution < -0.4 is 5.32 Å². The maximum Gasteiger partial charge on any atom is 0.222 e. The Labute approximate surface area is 130 Å². The van der Waals surface area contributed by atoms with Crippen molar-refractivity contribution in [3.63, 3.8) is 0 Å². The zero-order valence-corrected chi connectivity index (χ0v) is 14.1. The molecule has 1 aliphatic heterocycles. The van der Waals surface area contributed by atoms with Crippen molar-refractivity contribution in [3.8, 4) is 0 Å². The first kappa shape index (κ1) is 16.8. The number of nitrogens with zero attached hydrogens (tertiary/aromatic N) is 1. The Hall–Kier alpha value is -0.570. The van der Waals surface area contributed by atoms with Gasteiger partial charge in [-0.15, -0.1) is 0 Å². The van der Waals surface area contributed by atoms with Gasteiger partial charge in [0.05, 0.1) is 0 Å². The van der Waals surface area contributed by atoms with Crippen molar-refractivity contribution in [2.75, 3.05) is 19.6 Å². The van der Waals surface area contributed by atoms with E-state index in [2.05, 4.69) is 24.1 Å². The second-order valence-corrected chi connectivity index (χ2v) is 7.47. The van der Waals surface area contributed by atoms with Crippen LogP contribution >= 0.6 is 0 Å². The molecule has 1 heterocycles. The Balaban J connectivity index is 1.84. The Bertz CT molecular complexity index is 310. The molecule has 2 aliphatic rings. The van der Waals surface area contributed by atoms with E-state index >= 15 is 0 Å². The predicted octanol–water partition coefficient (Wildman–Crippen LogP) is 3.58. The van der Waals surface area contributed by atoms with Crippen molar-refractivity contribution < 1.29 is 4.79 Å². The summed E-state index contributed by atoms with van der Waals surface area (Å²) in [6.07, 6.45) is 11.0. The molecule has 1 aliphatic carbocycles. The molecule has 21 heavy (non-hydrogen) atoms. The van der Waals surface area contributed by atoms with E-state index in [4.69, 9.17) is 0 Å². The van der Waals surface area contributed by atoms with Gasteiger partial charge in [-0.3, -0.25) is 4.79 Å². The van der Waals surface area contributed by atoms with E-state index in [-0.39, 0.29) is 0 Å². The number of carbonyl (C=O) groups is 1. The lowest BCUT2D eigenvalue weighted by molar-refractivity contribution is -0.133. The van der Waals surface area contributed by atoms with Crippen LogP contribution in [0.15, 0.2) is 0 Å². The van der Waals surface area contributed by atoms with Crippen LogP contribution in [0.5, 0.6) is 0 Å². The summed E-state index contributed by atoms with van der Waals surface area (Å²) in [6, 6.07) is 0.409. The highest BCUT2D eigenvalue weighted by Crippen LogP contribution is 2.28. The summed E-state index contributed by atoms with van der Waals surface area (Å²) in [6.45, 7) is 7.51. The largest absolute Gasteiger partial charge is 0.338 e. The molecule has 0 spiro atoms. The molecule has 1 amide bonds. The summed E-state index contributed by atoms with van der Waals surface area (Å²) in [5, 5.41) is 3.50. The average Bonchev–Trinajstić information content (AvgIpc) is 2.71. The van der Waals surface area contributed by atoms with Crippen LogP contribution in [0, 0.1) is 11.8 Å². The molecule has 1 atom stereocenters. The molecule has 1 saturated carbocycles. The van der Waals surface area contributed by atoms with Gasteiger partial charge >= 0.3 is 0 Å². The molecule has 0 bridgehead atoms. The fourth-order valence-corrected chi connectivity index (χ4v) is 3.97. The molecule has 1 N–H and O–H groups in total. The quantitative estimate of drug-likeness (QED) is 0.840. The van der Waals surface area contributed by atoms with Crippen molar-refractivity contribution in [2.45, 2.75) is 77.7 Å². The zero-order valence-electron chi connectivity index (χ0n) is 14.1. The Kier molecular flexibility index (Phi) is 7.01. The first-order valence-electron chi connectivity index (χ1n) is 9.17. The van der Waals surface area contributed by atoms with E-state index in [1.54, 1.807) is 0 Å². The van der Waals surface area contributed by atoms with Crippen LogP contribution in [0.25, 0.3) is 0 Å². The lowest BCUT2D eigenvalue weighted by Gasteiger charge is -2.32. The van der Waals surface area contributed by atoms with E-state index < -0.39 is 0 Å². The van der Waals surface area contributed by atoms with E-state index in [9.17, 15) is 4.79 Å². The standard InChI is InChI=1S/C18H34N2O/c1-15(2)13-17-14-19-11-6-12-20(17)18(21)10-9-16-7-4-3-5-8-16/h15-17,19H,3-14H2,1-2H3. The molecule has 1 saturated heterocycles. The van der Waals surface area contributed by atoms with Gasteiger partial charge in [0.25, 0.3) is 0 Å². The highest BCUT2D eigenvalue weighted by Gasteiger charge is 2.26. The second-order valence-electron chi connectivity index (χ2n) is 7.47. The van der Waals surface area contributed by atoms with Crippen molar-refractivity contribution >= 4 is 5.91 Å². The fourth-order valence-electron chi connectivity index (χ4n) is 3.97. The van der Waals surface area contributed by atoms with Gasteiger partial charge in [0.15, 0.2) is 0 Å². The number of amides is 1. The molecule has 0 radical (unpaired) electrons. The third-order valence-electron chi connectivity index (χ3n) is 5.13. The first-order chi connectivity index (χ1) is 10.2. The van der Waals surface area contributed by atoms with Gasteiger partial charge in [-0.2, -0.15) is 0 Å². The predicted molar refractivity (Wildman–Crippen MR) is 88.3 cm³/mol. The summed E-state index contributed by atoms with van der Waals surface area (Å²) >= 11 is 0. The second kappa shape index (κ2) is 8.77. The van der Waals surface area contributed by atoms with Gasteiger partial charge in [-0.05, 0) is 37.6 Å². The van der Waals surface area contributed by atoms with E-state index in [1.807, 2.05) is 0 Å². The fraction of sp³-hybridized carbons (Fsp3) is 0.944. The van der Waals surface area contributed by atoms with Gasteiger partial charge < -0.3 is 10.2 Å². The molecule has 1 unspecified atom stereocenters. The minimum atomic E-state index is 0.409. The van der Waals surface area contributed by atoms with E-state index in [0.717, 1.165) is 51.2 Å². The molecule has 0 aromatic carbocycles. The molecule has 3 heteroatoms. The van der Waals surface area contributed by atoms with Gasteiger partial charge in [0.2, 0.25) is 5.91 Å². The number of hydrogen-bond acceptors (Lipinski definition) is 2. The molecule has 3 nitrogen and oxygen atoms in total. The minimum absolute atomic E-state index is 0.409. The van der Waals surface area contributed by atoms with Gasteiger partial charge in [0.1, 0.15) is 0 Å². The van der Waals surface area contributed by atoms with Gasteiger partial charge in [0, 0.05) is 25.6 Å². The molecule has 2 rings (SSSR count). The minimum Gasteiger partial charge on any atom is -0.338 e. The monoisotopic (exact) mass is 294 g/mol. The summed E-state index contributed by atoms with van der Waals surface area (Å²) < 4.78 is 0. The topological polar surface area (TPSA) is 32.3 Å². The number of carbonyl (C=O) groups excluding carboxylic acids is 1. The van der Waals surface area contributed by atoms with E-state index in [1.165, 1.54) is 32.1 Å². The van der Waals surface area contributed by atoms with Crippen LogP contribution in [0.3, 0.4) is 0 Å². The third kappa shape index (κ3) is 5.61. The van der Waals surface area contributed by atoms with Gasteiger partial charge in [-0.1, -0.05) is 46.0 Å². The Morgan fingerprint density at radius 1 is 1.19 bits per heavy atom. The summed E-state index contributed by atoms with van der Waals surface area (Å²) in [5.41, 5.74) is 0. The van der Waals surface area contributed by atoms with Crippen LogP contribution in [-0.2, 0) is 4.79 Å². The van der Waals surface area contributed by atoms with Crippen molar-refractivity contribution in [1.29, 1.82) is 0 Å². The highest BCUT2D eigenvalue weighted by atomic mass is 16.2. The molecule has 0 aromatic rings.